The lowest BCUT2D eigenvalue weighted by atomic mass is 9.89. The maximum Gasteiger partial charge on any atom is 0.309 e. The quantitative estimate of drug-likeness (QED) is 0.759. The number of nitrogens with one attached hydrogen (secondary N) is 1. The molecular formula is C13H25NO2. The van der Waals surface area contributed by atoms with Gasteiger partial charge in [-0.3, -0.25) is 4.79 Å². The fourth-order valence-electron chi connectivity index (χ4n) is 2.31. The van der Waals surface area contributed by atoms with Crippen LogP contribution in [0.3, 0.4) is 0 Å². The molecule has 1 saturated carbocycles. The van der Waals surface area contributed by atoms with Crippen molar-refractivity contribution in [3.63, 3.8) is 0 Å². The molecule has 94 valence electrons. The Kier molecular flexibility index (Phi) is 4.00. The summed E-state index contributed by atoms with van der Waals surface area (Å²) in [5, 5.41) is 12.5. The zero-order valence-electron chi connectivity index (χ0n) is 11.0. The van der Waals surface area contributed by atoms with Crippen LogP contribution in [0.5, 0.6) is 0 Å². The van der Waals surface area contributed by atoms with Gasteiger partial charge in [-0.2, -0.15) is 0 Å². The Hall–Kier alpha value is -0.570. The predicted octanol–water partition coefficient (Wildman–Crippen LogP) is 2.66. The second-order valence-electron chi connectivity index (χ2n) is 6.50. The minimum Gasteiger partial charge on any atom is -0.481 e. The highest BCUT2D eigenvalue weighted by Crippen LogP contribution is 2.36. The number of aliphatic carboxylic acids is 1. The molecule has 3 nitrogen and oxygen atoms in total. The van der Waals surface area contributed by atoms with E-state index in [0.29, 0.717) is 17.9 Å². The van der Waals surface area contributed by atoms with E-state index >= 15 is 0 Å². The summed E-state index contributed by atoms with van der Waals surface area (Å²) in [6.45, 7) is 8.98. The summed E-state index contributed by atoms with van der Waals surface area (Å²) in [5.74, 6) is -0.707. The molecule has 1 unspecified atom stereocenters. The van der Waals surface area contributed by atoms with Crippen LogP contribution in [0.25, 0.3) is 0 Å². The SMILES string of the molecule is CC1(C)CCC(NCCC(C)(C)C(=O)O)C1. The van der Waals surface area contributed by atoms with Gasteiger partial charge in [0.2, 0.25) is 0 Å². The first-order valence-electron chi connectivity index (χ1n) is 6.20. The topological polar surface area (TPSA) is 49.3 Å². The first-order chi connectivity index (χ1) is 7.23. The van der Waals surface area contributed by atoms with E-state index in [2.05, 4.69) is 19.2 Å². The smallest absolute Gasteiger partial charge is 0.309 e. The largest absolute Gasteiger partial charge is 0.481 e. The van der Waals surface area contributed by atoms with Crippen molar-refractivity contribution in [3.8, 4) is 0 Å². The van der Waals surface area contributed by atoms with Crippen LogP contribution >= 0.6 is 0 Å². The van der Waals surface area contributed by atoms with E-state index in [1.54, 1.807) is 13.8 Å². The summed E-state index contributed by atoms with van der Waals surface area (Å²) in [6, 6.07) is 0.583. The zero-order valence-corrected chi connectivity index (χ0v) is 11.0. The Morgan fingerprint density at radius 3 is 2.56 bits per heavy atom. The van der Waals surface area contributed by atoms with E-state index < -0.39 is 11.4 Å². The molecule has 2 N–H and O–H groups in total. The van der Waals surface area contributed by atoms with Gasteiger partial charge in [-0.15, -0.1) is 0 Å². The van der Waals surface area contributed by atoms with Crippen molar-refractivity contribution < 1.29 is 9.90 Å². The molecule has 3 heteroatoms. The molecule has 0 heterocycles. The third-order valence-corrected chi connectivity index (χ3v) is 3.73. The van der Waals surface area contributed by atoms with Crippen LogP contribution in [-0.4, -0.2) is 23.7 Å². The molecule has 1 aliphatic rings. The van der Waals surface area contributed by atoms with Gasteiger partial charge in [-0.05, 0) is 51.5 Å². The summed E-state index contributed by atoms with van der Waals surface area (Å²) in [5.41, 5.74) is -0.152. The molecule has 0 spiro atoms. The second kappa shape index (κ2) is 4.74. The van der Waals surface area contributed by atoms with Crippen molar-refractivity contribution in [2.24, 2.45) is 10.8 Å². The van der Waals surface area contributed by atoms with Crippen LogP contribution < -0.4 is 5.32 Å². The normalized spacial score (nSPS) is 24.6. The Labute approximate surface area is 98.6 Å². The minimum absolute atomic E-state index is 0.458. The van der Waals surface area contributed by atoms with Gasteiger partial charge in [0.1, 0.15) is 0 Å². The average Bonchev–Trinajstić information content (AvgIpc) is 2.45. The first kappa shape index (κ1) is 13.5. The highest BCUT2D eigenvalue weighted by molar-refractivity contribution is 5.73. The molecule has 16 heavy (non-hydrogen) atoms. The van der Waals surface area contributed by atoms with Crippen molar-refractivity contribution in [1.82, 2.24) is 5.32 Å². The molecule has 1 atom stereocenters. The van der Waals surface area contributed by atoms with Gasteiger partial charge in [-0.25, -0.2) is 0 Å². The van der Waals surface area contributed by atoms with E-state index in [9.17, 15) is 4.79 Å². The van der Waals surface area contributed by atoms with Gasteiger partial charge in [0.15, 0.2) is 0 Å². The number of carbonyl (C=O) groups is 1. The molecule has 0 aromatic rings. The van der Waals surface area contributed by atoms with Gasteiger partial charge in [0.05, 0.1) is 5.41 Å². The Morgan fingerprint density at radius 2 is 2.12 bits per heavy atom. The molecular weight excluding hydrogens is 202 g/mol. The molecule has 1 aliphatic carbocycles. The fourth-order valence-corrected chi connectivity index (χ4v) is 2.31. The van der Waals surface area contributed by atoms with Crippen molar-refractivity contribution in [2.75, 3.05) is 6.54 Å². The van der Waals surface area contributed by atoms with Crippen molar-refractivity contribution in [2.45, 2.75) is 59.4 Å². The molecule has 0 saturated heterocycles. The third kappa shape index (κ3) is 3.78. The average molecular weight is 227 g/mol. The maximum absolute atomic E-state index is 10.9. The van der Waals surface area contributed by atoms with Crippen molar-refractivity contribution >= 4 is 5.97 Å². The van der Waals surface area contributed by atoms with Gasteiger partial charge >= 0.3 is 5.97 Å². The molecule has 0 bridgehead atoms. The van der Waals surface area contributed by atoms with Crippen LogP contribution in [0.4, 0.5) is 0 Å². The fraction of sp³-hybridized carbons (Fsp3) is 0.923. The first-order valence-corrected chi connectivity index (χ1v) is 6.20. The maximum atomic E-state index is 10.9. The van der Waals surface area contributed by atoms with Gasteiger partial charge in [-0.1, -0.05) is 13.8 Å². The van der Waals surface area contributed by atoms with Crippen LogP contribution in [0.2, 0.25) is 0 Å². The van der Waals surface area contributed by atoms with Crippen LogP contribution in [0.1, 0.15) is 53.4 Å². The van der Waals surface area contributed by atoms with E-state index in [1.807, 2.05) is 0 Å². The monoisotopic (exact) mass is 227 g/mol. The third-order valence-electron chi connectivity index (χ3n) is 3.73. The molecule has 1 rings (SSSR count). The highest BCUT2D eigenvalue weighted by Gasteiger charge is 2.31. The summed E-state index contributed by atoms with van der Waals surface area (Å²) in [6.07, 6.45) is 4.40. The summed E-state index contributed by atoms with van der Waals surface area (Å²) >= 11 is 0. The number of hydrogen-bond acceptors (Lipinski definition) is 2. The van der Waals surface area contributed by atoms with Crippen LogP contribution in [0, 0.1) is 10.8 Å². The molecule has 0 radical (unpaired) electrons. The predicted molar refractivity (Wildman–Crippen MR) is 65.5 cm³/mol. The number of carboxylic acids is 1. The number of carboxylic acid groups (broad SMARTS) is 1. The molecule has 1 fully saturated rings. The zero-order chi connectivity index (χ0) is 12.4. The Balaban J connectivity index is 2.25. The van der Waals surface area contributed by atoms with E-state index in [-0.39, 0.29) is 0 Å². The number of rotatable bonds is 5. The lowest BCUT2D eigenvalue weighted by molar-refractivity contribution is -0.147. The van der Waals surface area contributed by atoms with E-state index in [1.165, 1.54) is 19.3 Å². The van der Waals surface area contributed by atoms with Crippen molar-refractivity contribution in [1.29, 1.82) is 0 Å². The van der Waals surface area contributed by atoms with Gasteiger partial charge in [0.25, 0.3) is 0 Å². The second-order valence-corrected chi connectivity index (χ2v) is 6.50. The van der Waals surface area contributed by atoms with Crippen LogP contribution in [0.15, 0.2) is 0 Å². The molecule has 0 amide bonds. The summed E-state index contributed by atoms with van der Waals surface area (Å²) < 4.78 is 0. The number of hydrogen-bond donors (Lipinski definition) is 2. The molecule has 0 aliphatic heterocycles. The van der Waals surface area contributed by atoms with E-state index in [0.717, 1.165) is 6.54 Å². The molecule has 0 aromatic carbocycles. The Bertz CT molecular complexity index is 259. The summed E-state index contributed by atoms with van der Waals surface area (Å²) in [4.78, 5) is 10.9. The minimum atomic E-state index is -0.707. The summed E-state index contributed by atoms with van der Waals surface area (Å²) in [7, 11) is 0. The van der Waals surface area contributed by atoms with Crippen molar-refractivity contribution in [3.05, 3.63) is 0 Å². The van der Waals surface area contributed by atoms with Gasteiger partial charge < -0.3 is 10.4 Å². The standard InChI is InChI=1S/C13H25NO2/c1-12(2)6-5-10(9-12)14-8-7-13(3,4)11(15)16/h10,14H,5-9H2,1-4H3,(H,15,16). The molecule has 0 aromatic heterocycles. The highest BCUT2D eigenvalue weighted by atomic mass is 16.4. The van der Waals surface area contributed by atoms with Gasteiger partial charge in [0, 0.05) is 6.04 Å². The Morgan fingerprint density at radius 1 is 1.50 bits per heavy atom. The lowest BCUT2D eigenvalue weighted by Crippen LogP contribution is -2.33. The lowest BCUT2D eigenvalue weighted by Gasteiger charge is -2.22. The van der Waals surface area contributed by atoms with Crippen LogP contribution in [-0.2, 0) is 4.79 Å². The van der Waals surface area contributed by atoms with E-state index in [4.69, 9.17) is 5.11 Å².